The summed E-state index contributed by atoms with van der Waals surface area (Å²) in [6.07, 6.45) is 4.53. The molecule has 0 aromatic carbocycles. The fourth-order valence-electron chi connectivity index (χ4n) is 1.17. The molecule has 0 bridgehead atoms. The van der Waals surface area contributed by atoms with Gasteiger partial charge in [-0.3, -0.25) is 4.79 Å². The molecule has 1 aromatic rings. The molecular weight excluding hydrogens is 152 g/mol. The first-order valence-corrected chi connectivity index (χ1v) is 4.03. The van der Waals surface area contributed by atoms with Crippen molar-refractivity contribution in [1.29, 1.82) is 0 Å². The topological polar surface area (TPSA) is 44.9 Å². The van der Waals surface area contributed by atoms with Gasteiger partial charge in [0.25, 0.3) is 0 Å². The Kier molecular flexibility index (Phi) is 3.05. The Bertz CT molecular complexity index is 241. The Morgan fingerprint density at radius 3 is 2.92 bits per heavy atom. The van der Waals surface area contributed by atoms with Crippen LogP contribution in [-0.4, -0.2) is 23.9 Å². The Morgan fingerprint density at radius 1 is 1.75 bits per heavy atom. The number of hydrogen-bond donors (Lipinski definition) is 2. The van der Waals surface area contributed by atoms with Crippen molar-refractivity contribution in [3.63, 3.8) is 0 Å². The van der Waals surface area contributed by atoms with Crippen molar-refractivity contribution in [2.24, 2.45) is 0 Å². The smallest absolute Gasteiger partial charge is 0.147 e. The van der Waals surface area contributed by atoms with Crippen LogP contribution in [0.1, 0.15) is 12.5 Å². The third kappa shape index (κ3) is 2.20. The van der Waals surface area contributed by atoms with E-state index in [1.54, 1.807) is 14.0 Å². The van der Waals surface area contributed by atoms with Gasteiger partial charge in [-0.25, -0.2) is 0 Å². The molecule has 3 nitrogen and oxygen atoms in total. The second-order valence-electron chi connectivity index (χ2n) is 2.88. The molecule has 66 valence electrons. The number of ketones is 1. The van der Waals surface area contributed by atoms with Crippen LogP contribution < -0.4 is 5.32 Å². The summed E-state index contributed by atoms with van der Waals surface area (Å²) >= 11 is 0. The highest BCUT2D eigenvalue weighted by molar-refractivity contribution is 5.81. The normalized spacial score (nSPS) is 12.8. The average Bonchev–Trinajstić information content (AvgIpc) is 2.51. The van der Waals surface area contributed by atoms with Crippen LogP contribution in [0.25, 0.3) is 0 Å². The summed E-state index contributed by atoms with van der Waals surface area (Å²) in [5, 5.41) is 2.98. The molecule has 0 saturated carbocycles. The van der Waals surface area contributed by atoms with Crippen LogP contribution in [0.15, 0.2) is 18.5 Å². The Balaban J connectivity index is 2.54. The molecule has 0 spiro atoms. The van der Waals surface area contributed by atoms with Crippen molar-refractivity contribution in [3.8, 4) is 0 Å². The maximum atomic E-state index is 11.0. The molecule has 0 fully saturated rings. The van der Waals surface area contributed by atoms with Crippen molar-refractivity contribution in [3.05, 3.63) is 24.0 Å². The largest absolute Gasteiger partial charge is 0.367 e. The highest BCUT2D eigenvalue weighted by atomic mass is 16.1. The fourth-order valence-corrected chi connectivity index (χ4v) is 1.17. The second-order valence-corrected chi connectivity index (χ2v) is 2.88. The van der Waals surface area contributed by atoms with Crippen molar-refractivity contribution in [2.45, 2.75) is 19.4 Å². The van der Waals surface area contributed by atoms with Crippen LogP contribution in [0.2, 0.25) is 0 Å². The van der Waals surface area contributed by atoms with Gasteiger partial charge in [0.2, 0.25) is 0 Å². The molecule has 0 amide bonds. The Hall–Kier alpha value is -1.09. The predicted octanol–water partition coefficient (Wildman–Crippen LogP) is 0.734. The first-order chi connectivity index (χ1) is 5.74. The summed E-state index contributed by atoms with van der Waals surface area (Å²) in [5.41, 5.74) is 1.16. The number of aromatic amines is 1. The van der Waals surface area contributed by atoms with Crippen LogP contribution in [0.4, 0.5) is 0 Å². The lowest BCUT2D eigenvalue weighted by Gasteiger charge is -2.10. The first-order valence-electron chi connectivity index (χ1n) is 4.03. The van der Waals surface area contributed by atoms with E-state index in [2.05, 4.69) is 10.3 Å². The van der Waals surface area contributed by atoms with E-state index in [9.17, 15) is 4.79 Å². The SMILES string of the molecule is CNC(Cc1cc[nH]c1)C(C)=O. The zero-order valence-corrected chi connectivity index (χ0v) is 7.42. The van der Waals surface area contributed by atoms with Gasteiger partial charge in [0.05, 0.1) is 6.04 Å². The molecule has 3 heteroatoms. The molecule has 1 aromatic heterocycles. The predicted molar refractivity (Wildman–Crippen MR) is 48.0 cm³/mol. The van der Waals surface area contributed by atoms with Crippen molar-refractivity contribution >= 4 is 5.78 Å². The quantitative estimate of drug-likeness (QED) is 0.692. The molecular formula is C9H14N2O. The van der Waals surface area contributed by atoms with Crippen LogP contribution in [0, 0.1) is 0 Å². The minimum absolute atomic E-state index is 0.0548. The minimum Gasteiger partial charge on any atom is -0.367 e. The van der Waals surface area contributed by atoms with Crippen LogP contribution >= 0.6 is 0 Å². The summed E-state index contributed by atoms with van der Waals surface area (Å²) in [4.78, 5) is 14.0. The van der Waals surface area contributed by atoms with Crippen LogP contribution in [0.5, 0.6) is 0 Å². The molecule has 12 heavy (non-hydrogen) atoms. The van der Waals surface area contributed by atoms with Crippen LogP contribution in [0.3, 0.4) is 0 Å². The zero-order valence-electron chi connectivity index (χ0n) is 7.42. The Labute approximate surface area is 72.2 Å². The number of carbonyl (C=O) groups excluding carboxylic acids is 1. The second kappa shape index (κ2) is 4.07. The van der Waals surface area contributed by atoms with Gasteiger partial charge in [0.1, 0.15) is 5.78 Å². The lowest BCUT2D eigenvalue weighted by Crippen LogP contribution is -2.34. The molecule has 2 N–H and O–H groups in total. The van der Waals surface area contributed by atoms with Crippen LogP contribution in [-0.2, 0) is 11.2 Å². The van der Waals surface area contributed by atoms with Gasteiger partial charge >= 0.3 is 0 Å². The van der Waals surface area contributed by atoms with E-state index >= 15 is 0 Å². The molecule has 0 aliphatic rings. The lowest BCUT2D eigenvalue weighted by molar-refractivity contribution is -0.118. The number of carbonyl (C=O) groups is 1. The van der Waals surface area contributed by atoms with E-state index in [4.69, 9.17) is 0 Å². The maximum Gasteiger partial charge on any atom is 0.147 e. The summed E-state index contributed by atoms with van der Waals surface area (Å²) in [6, 6.07) is 1.92. The van der Waals surface area contributed by atoms with E-state index in [0.29, 0.717) is 0 Å². The van der Waals surface area contributed by atoms with E-state index < -0.39 is 0 Å². The van der Waals surface area contributed by atoms with Crippen molar-refractivity contribution in [2.75, 3.05) is 7.05 Å². The summed E-state index contributed by atoms with van der Waals surface area (Å²) in [6.45, 7) is 1.60. The fraction of sp³-hybridized carbons (Fsp3) is 0.444. The van der Waals surface area contributed by atoms with E-state index in [0.717, 1.165) is 12.0 Å². The van der Waals surface area contributed by atoms with E-state index in [-0.39, 0.29) is 11.8 Å². The molecule has 0 radical (unpaired) electrons. The van der Waals surface area contributed by atoms with E-state index in [1.807, 2.05) is 18.5 Å². The van der Waals surface area contributed by atoms with Gasteiger partial charge < -0.3 is 10.3 Å². The molecule has 0 saturated heterocycles. The third-order valence-corrected chi connectivity index (χ3v) is 1.94. The highest BCUT2D eigenvalue weighted by Gasteiger charge is 2.11. The molecule has 0 aliphatic heterocycles. The summed E-state index contributed by atoms with van der Waals surface area (Å²) < 4.78 is 0. The Morgan fingerprint density at radius 2 is 2.50 bits per heavy atom. The van der Waals surface area contributed by atoms with E-state index in [1.165, 1.54) is 0 Å². The zero-order chi connectivity index (χ0) is 8.97. The molecule has 1 heterocycles. The van der Waals surface area contributed by atoms with Crippen molar-refractivity contribution < 1.29 is 4.79 Å². The van der Waals surface area contributed by atoms with Gasteiger partial charge in [-0.15, -0.1) is 0 Å². The number of aromatic nitrogens is 1. The van der Waals surface area contributed by atoms with Gasteiger partial charge in [-0.1, -0.05) is 0 Å². The lowest BCUT2D eigenvalue weighted by atomic mass is 10.1. The maximum absolute atomic E-state index is 11.0. The standard InChI is InChI=1S/C9H14N2O/c1-7(12)9(10-2)5-8-3-4-11-6-8/h3-4,6,9-11H,5H2,1-2H3. The first kappa shape index (κ1) is 9.00. The number of rotatable bonds is 4. The van der Waals surface area contributed by atoms with Crippen molar-refractivity contribution in [1.82, 2.24) is 10.3 Å². The summed E-state index contributed by atoms with van der Waals surface area (Å²) in [7, 11) is 1.80. The number of nitrogens with one attached hydrogen (secondary N) is 2. The molecule has 1 unspecified atom stereocenters. The van der Waals surface area contributed by atoms with Gasteiger partial charge in [-0.05, 0) is 32.0 Å². The van der Waals surface area contributed by atoms with Gasteiger partial charge in [0.15, 0.2) is 0 Å². The molecule has 0 aliphatic carbocycles. The number of likely N-dealkylation sites (N-methyl/N-ethyl adjacent to an activating group) is 1. The number of Topliss-reactive ketones (excluding diaryl/α,β-unsaturated/α-hetero) is 1. The summed E-state index contributed by atoms with van der Waals surface area (Å²) in [5.74, 6) is 0.179. The highest BCUT2D eigenvalue weighted by Crippen LogP contribution is 2.01. The third-order valence-electron chi connectivity index (χ3n) is 1.94. The minimum atomic E-state index is -0.0548. The number of H-pyrrole nitrogens is 1. The van der Waals surface area contributed by atoms with Gasteiger partial charge in [0, 0.05) is 12.4 Å². The molecule has 1 atom stereocenters. The number of hydrogen-bond acceptors (Lipinski definition) is 2. The molecule has 1 rings (SSSR count). The average molecular weight is 166 g/mol. The monoisotopic (exact) mass is 166 g/mol. The van der Waals surface area contributed by atoms with Gasteiger partial charge in [-0.2, -0.15) is 0 Å².